The second-order valence-electron chi connectivity index (χ2n) is 13.7. The van der Waals surface area contributed by atoms with Crippen LogP contribution in [0.2, 0.25) is 10.0 Å². The number of nitrogens with one attached hydrogen (secondary N) is 1. The molecule has 1 spiro atoms. The van der Waals surface area contributed by atoms with Crippen LogP contribution < -0.4 is 5.32 Å². The third-order valence-electron chi connectivity index (χ3n) is 8.76. The quantitative estimate of drug-likeness (QED) is 0.295. The Balaban J connectivity index is 1.72. The lowest BCUT2D eigenvalue weighted by Gasteiger charge is -2.47. The predicted octanol–water partition coefficient (Wildman–Crippen LogP) is 7.94. The minimum Gasteiger partial charge on any atom is -0.481 e. The molecule has 2 aromatic rings. The minimum atomic E-state index is -0.970. The summed E-state index contributed by atoms with van der Waals surface area (Å²) < 4.78 is 0. The molecule has 2 amide bonds. The Labute approximate surface area is 265 Å². The number of nitrogens with zero attached hydrogens (tertiary/aromatic N) is 2. The molecule has 0 saturated heterocycles. The maximum absolute atomic E-state index is 14.5. The number of carbonyl (C=O) groups is 3. The summed E-state index contributed by atoms with van der Waals surface area (Å²) in [6.07, 6.45) is 4.00. The van der Waals surface area contributed by atoms with Crippen LogP contribution in [0.15, 0.2) is 47.5 Å². The molecule has 1 aliphatic heterocycles. The van der Waals surface area contributed by atoms with Crippen molar-refractivity contribution >= 4 is 46.7 Å². The number of carbonyl (C=O) groups excluding carboxylic acids is 2. The molecular weight excluding hydrogens is 585 g/mol. The summed E-state index contributed by atoms with van der Waals surface area (Å²) in [5.74, 6) is -0.631. The van der Waals surface area contributed by atoms with Crippen LogP contribution in [0.3, 0.4) is 0 Å². The van der Waals surface area contributed by atoms with Crippen molar-refractivity contribution in [3.63, 3.8) is 0 Å². The van der Waals surface area contributed by atoms with Crippen LogP contribution in [0.4, 0.5) is 0 Å². The molecule has 0 radical (unpaired) electrons. The first kappa shape index (κ1) is 33.0. The molecule has 1 saturated carbocycles. The van der Waals surface area contributed by atoms with E-state index in [0.29, 0.717) is 32.8 Å². The van der Waals surface area contributed by atoms with E-state index in [9.17, 15) is 14.4 Å². The first-order chi connectivity index (χ1) is 20.1. The number of carboxylic acids is 1. The van der Waals surface area contributed by atoms with Crippen molar-refractivity contribution in [1.82, 2.24) is 10.2 Å². The van der Waals surface area contributed by atoms with Gasteiger partial charge in [-0.05, 0) is 92.2 Å². The van der Waals surface area contributed by atoms with Crippen molar-refractivity contribution in [3.05, 3.63) is 69.2 Å². The number of carboxylic acid groups (broad SMARTS) is 1. The van der Waals surface area contributed by atoms with Crippen LogP contribution in [0.25, 0.3) is 0 Å². The topological polar surface area (TPSA) is 99.1 Å². The molecular formula is C34H43Cl2N3O4. The molecule has 2 aromatic carbocycles. The molecule has 1 aliphatic carbocycles. The minimum absolute atomic E-state index is 0.137. The Kier molecular flexibility index (Phi) is 9.97. The van der Waals surface area contributed by atoms with Gasteiger partial charge in [0.2, 0.25) is 0 Å². The van der Waals surface area contributed by atoms with E-state index in [-0.39, 0.29) is 35.6 Å². The smallest absolute Gasteiger partial charge is 0.305 e. The molecule has 4 rings (SSSR count). The molecule has 7 nitrogen and oxygen atoms in total. The van der Waals surface area contributed by atoms with E-state index in [0.717, 1.165) is 37.7 Å². The third kappa shape index (κ3) is 7.61. The van der Waals surface area contributed by atoms with Crippen molar-refractivity contribution in [2.45, 2.75) is 97.8 Å². The van der Waals surface area contributed by atoms with Crippen LogP contribution in [-0.2, 0) is 9.59 Å². The fourth-order valence-electron chi connectivity index (χ4n) is 6.54. The Morgan fingerprint density at radius 2 is 1.63 bits per heavy atom. The van der Waals surface area contributed by atoms with Gasteiger partial charge >= 0.3 is 5.97 Å². The van der Waals surface area contributed by atoms with Gasteiger partial charge < -0.3 is 15.3 Å². The zero-order valence-electron chi connectivity index (χ0n) is 25.9. The van der Waals surface area contributed by atoms with Gasteiger partial charge in [-0.1, -0.05) is 70.0 Å². The molecule has 0 unspecified atom stereocenters. The van der Waals surface area contributed by atoms with Crippen LogP contribution in [0.5, 0.6) is 0 Å². The molecule has 232 valence electrons. The third-order valence-corrected chi connectivity index (χ3v) is 9.20. The summed E-state index contributed by atoms with van der Waals surface area (Å²) in [5.41, 5.74) is 1.84. The molecule has 0 bridgehead atoms. The fourth-order valence-corrected chi connectivity index (χ4v) is 7.06. The summed E-state index contributed by atoms with van der Waals surface area (Å²) in [5, 5.41) is 12.7. The van der Waals surface area contributed by atoms with Gasteiger partial charge in [-0.25, -0.2) is 0 Å². The summed E-state index contributed by atoms with van der Waals surface area (Å²) in [4.78, 5) is 45.5. The van der Waals surface area contributed by atoms with E-state index < -0.39 is 17.7 Å². The number of halogens is 2. The number of hydrogen-bond donors (Lipinski definition) is 2. The van der Waals surface area contributed by atoms with E-state index in [1.807, 2.05) is 17.0 Å². The van der Waals surface area contributed by atoms with Crippen molar-refractivity contribution in [2.75, 3.05) is 0 Å². The Morgan fingerprint density at radius 1 is 1.05 bits per heavy atom. The second kappa shape index (κ2) is 13.0. The second-order valence-corrected chi connectivity index (χ2v) is 14.5. The highest BCUT2D eigenvalue weighted by atomic mass is 35.5. The van der Waals surface area contributed by atoms with Crippen LogP contribution in [0, 0.1) is 17.3 Å². The molecule has 1 heterocycles. The standard InChI is InChI=1S/C34H43Cl2N3O4/c1-20(2)15-28(22-7-9-23(10-8-22)31(42)37-21(3)16-29(40)41)39-32(43)30(24-17-26(35)19-27(36)18-24)38-34(39)13-11-25(12-14-34)33(4,5)6/h7-10,17-21,25,28H,11-16H2,1-6H3,(H,37,42)(H,40,41)/t21-,25?,28-,34?/m1/s1. The maximum atomic E-state index is 14.5. The Morgan fingerprint density at radius 3 is 2.14 bits per heavy atom. The van der Waals surface area contributed by atoms with Gasteiger partial charge in [0.15, 0.2) is 0 Å². The van der Waals surface area contributed by atoms with Gasteiger partial charge in [0.25, 0.3) is 11.8 Å². The largest absolute Gasteiger partial charge is 0.481 e. The fraction of sp³-hybridized carbons (Fsp3) is 0.529. The van der Waals surface area contributed by atoms with Crippen molar-refractivity contribution in [3.8, 4) is 0 Å². The van der Waals surface area contributed by atoms with E-state index in [4.69, 9.17) is 33.3 Å². The Hall–Kier alpha value is -2.90. The SMILES string of the molecule is CC(C)C[C@H](c1ccc(C(=O)N[C@H](C)CC(=O)O)cc1)N1C(=O)C(c2cc(Cl)cc(Cl)c2)=NC12CCC(C(C)(C)C)CC2. The summed E-state index contributed by atoms with van der Waals surface area (Å²) >= 11 is 12.7. The number of aliphatic carboxylic acids is 1. The molecule has 2 N–H and O–H groups in total. The highest BCUT2D eigenvalue weighted by Crippen LogP contribution is 2.50. The van der Waals surface area contributed by atoms with Crippen LogP contribution in [-0.4, -0.2) is 45.2 Å². The molecule has 0 aromatic heterocycles. The zero-order valence-corrected chi connectivity index (χ0v) is 27.4. The van der Waals surface area contributed by atoms with Gasteiger partial charge in [0.05, 0.1) is 12.5 Å². The normalized spacial score (nSPS) is 22.1. The van der Waals surface area contributed by atoms with Crippen molar-refractivity contribution < 1.29 is 19.5 Å². The number of hydrogen-bond acceptors (Lipinski definition) is 4. The summed E-state index contributed by atoms with van der Waals surface area (Å²) in [6.45, 7) is 12.8. The highest BCUT2D eigenvalue weighted by molar-refractivity contribution is 6.47. The van der Waals surface area contributed by atoms with E-state index in [1.165, 1.54) is 0 Å². The number of rotatable bonds is 9. The molecule has 2 aliphatic rings. The van der Waals surface area contributed by atoms with Gasteiger partial charge in [-0.3, -0.25) is 19.4 Å². The predicted molar refractivity (Wildman–Crippen MR) is 172 cm³/mol. The average molecular weight is 629 g/mol. The Bertz CT molecular complexity index is 1370. The van der Waals surface area contributed by atoms with E-state index in [1.54, 1.807) is 37.3 Å². The number of benzene rings is 2. The molecule has 43 heavy (non-hydrogen) atoms. The van der Waals surface area contributed by atoms with E-state index >= 15 is 0 Å². The zero-order chi connectivity index (χ0) is 31.7. The van der Waals surface area contributed by atoms with Crippen molar-refractivity contribution in [1.29, 1.82) is 0 Å². The average Bonchev–Trinajstić information content (AvgIpc) is 3.17. The number of amides is 2. The van der Waals surface area contributed by atoms with Crippen molar-refractivity contribution in [2.24, 2.45) is 22.2 Å². The van der Waals surface area contributed by atoms with Gasteiger partial charge in [0.1, 0.15) is 11.4 Å². The summed E-state index contributed by atoms with van der Waals surface area (Å²) in [7, 11) is 0. The lowest BCUT2D eigenvalue weighted by atomic mass is 9.69. The lowest BCUT2D eigenvalue weighted by molar-refractivity contribution is -0.137. The molecule has 9 heteroatoms. The molecule has 1 fully saturated rings. The highest BCUT2D eigenvalue weighted by Gasteiger charge is 2.52. The summed E-state index contributed by atoms with van der Waals surface area (Å²) in [6, 6.07) is 11.7. The van der Waals surface area contributed by atoms with Gasteiger partial charge in [-0.2, -0.15) is 0 Å². The lowest BCUT2D eigenvalue weighted by Crippen LogP contribution is -2.51. The first-order valence-electron chi connectivity index (χ1n) is 15.1. The van der Waals surface area contributed by atoms with Crippen LogP contribution in [0.1, 0.15) is 108 Å². The number of aliphatic imine (C=N–C) groups is 1. The first-order valence-corrected chi connectivity index (χ1v) is 15.9. The van der Waals surface area contributed by atoms with Gasteiger partial charge in [-0.15, -0.1) is 0 Å². The maximum Gasteiger partial charge on any atom is 0.305 e. The molecule has 2 atom stereocenters. The van der Waals surface area contributed by atoms with Crippen LogP contribution >= 0.6 is 23.2 Å². The van der Waals surface area contributed by atoms with Gasteiger partial charge in [0, 0.05) is 27.2 Å². The van der Waals surface area contributed by atoms with E-state index in [2.05, 4.69) is 39.9 Å². The monoisotopic (exact) mass is 627 g/mol.